The van der Waals surface area contributed by atoms with Crippen LogP contribution < -0.4 is 0 Å². The summed E-state index contributed by atoms with van der Waals surface area (Å²) >= 11 is 0. The van der Waals surface area contributed by atoms with Gasteiger partial charge < -0.3 is 10.2 Å². The van der Waals surface area contributed by atoms with Crippen LogP contribution >= 0.6 is 0 Å². The van der Waals surface area contributed by atoms with Crippen molar-refractivity contribution in [2.45, 2.75) is 10.2 Å². The summed E-state index contributed by atoms with van der Waals surface area (Å²) < 4.78 is 0. The van der Waals surface area contributed by atoms with Crippen molar-refractivity contribution < 1.29 is 10.2 Å². The van der Waals surface area contributed by atoms with Crippen LogP contribution in [0.5, 0.6) is 0 Å². The molecule has 16 heavy (non-hydrogen) atoms. The van der Waals surface area contributed by atoms with E-state index >= 15 is 0 Å². The van der Waals surface area contributed by atoms with Gasteiger partial charge >= 0.3 is 0 Å². The minimum absolute atomic E-state index is 0.00507. The summed E-state index contributed by atoms with van der Waals surface area (Å²) in [6.45, 7) is 0.0101. The number of aliphatic hydroxyl groups excluding tert-OH is 2. The monoisotopic (exact) mass is 196 g/mol. The number of hydrogen-bond acceptors (Lipinski definition) is 2. The predicted octanol–water partition coefficient (Wildman–Crippen LogP) is -4.41. The maximum Gasteiger partial charge on any atom is 0.0899 e. The van der Waals surface area contributed by atoms with Crippen molar-refractivity contribution in [1.29, 1.82) is 0 Å². The smallest absolute Gasteiger partial charge is 0.0899 e. The summed E-state index contributed by atoms with van der Waals surface area (Å²) in [5.41, 5.74) is 0. The van der Waals surface area contributed by atoms with Crippen LogP contribution in [0.1, 0.15) is 0 Å². The van der Waals surface area contributed by atoms with E-state index in [4.69, 9.17) is 0 Å². The highest BCUT2D eigenvalue weighted by atomic mass is 16.3. The second-order valence-corrected chi connectivity index (χ2v) is 4.31. The molecule has 2 bridgehead atoms. The Morgan fingerprint density at radius 2 is 1.00 bits per heavy atom. The molecule has 2 heterocycles. The fourth-order valence-electron chi connectivity index (χ4n) is 2.11. The average Bonchev–Trinajstić information content (AvgIpc) is 2.49. The number of aliphatic hydroxyl groups is 2. The Bertz CT molecular complexity index is 219. The largest absolute Gasteiger partial charge is 0.398 e. The molecule has 0 aliphatic carbocycles. The Balaban J connectivity index is 2.21. The van der Waals surface area contributed by atoms with Crippen molar-refractivity contribution in [2.75, 3.05) is 13.2 Å². The predicted molar refractivity (Wildman–Crippen MR) is 77.1 cm³/mol. The van der Waals surface area contributed by atoms with Gasteiger partial charge in [-0.3, -0.25) is 0 Å². The van der Waals surface area contributed by atoms with Gasteiger partial charge in [-0.2, -0.15) is 0 Å². The Morgan fingerprint density at radius 1 is 0.625 bits per heavy atom. The molecule has 10 radical (unpaired) electrons. The van der Waals surface area contributed by atoms with Gasteiger partial charge in [-0.15, -0.1) is 10.2 Å². The van der Waals surface area contributed by atoms with Crippen molar-refractivity contribution in [3.63, 3.8) is 0 Å². The molecule has 2 atom stereocenters. The first-order valence-corrected chi connectivity index (χ1v) is 5.40. The van der Waals surface area contributed by atoms with Crippen molar-refractivity contribution >= 4 is 71.3 Å². The first-order chi connectivity index (χ1) is 7.74. The van der Waals surface area contributed by atoms with Crippen LogP contribution in [0.15, 0.2) is 0 Å². The molecular weight excluding hydrogens is 188 g/mol. The minimum Gasteiger partial charge on any atom is -0.398 e. The van der Waals surface area contributed by atoms with E-state index in [0.29, 0.717) is 0 Å². The lowest BCUT2D eigenvalue weighted by Crippen LogP contribution is -2.53. The molecule has 0 aromatic carbocycles. The Kier molecular flexibility index (Phi) is 4.45. The summed E-state index contributed by atoms with van der Waals surface area (Å²) in [4.78, 5) is 0. The fourth-order valence-corrected chi connectivity index (χ4v) is 2.11. The van der Waals surface area contributed by atoms with E-state index in [1.54, 1.807) is 0 Å². The van der Waals surface area contributed by atoms with Crippen LogP contribution in [-0.2, 0) is 0 Å². The van der Waals surface area contributed by atoms with Crippen LogP contribution in [0, 0.1) is 0 Å². The van der Waals surface area contributed by atoms with E-state index in [2.05, 4.69) is 0 Å². The zero-order chi connectivity index (χ0) is 11.5. The Morgan fingerprint density at radius 3 is 1.38 bits per heavy atom. The lowest BCUT2D eigenvalue weighted by Gasteiger charge is -2.42. The topological polar surface area (TPSA) is 40.5 Å². The molecule has 64 valence electrons. The normalized spacial score (nSPS) is 35.9. The molecule has 0 saturated carbocycles. The van der Waals surface area contributed by atoms with E-state index in [1.165, 1.54) is 0 Å². The summed E-state index contributed by atoms with van der Waals surface area (Å²) in [5.74, 6) is 0. The third-order valence-electron chi connectivity index (χ3n) is 3.04. The molecule has 0 aromatic rings. The maximum atomic E-state index is 9.56. The molecule has 2 rings (SSSR count). The van der Waals surface area contributed by atoms with E-state index in [9.17, 15) is 10.2 Å². The molecule has 0 aromatic heterocycles. The Hall–Kier alpha value is 0.569. The highest BCUT2D eigenvalue weighted by molar-refractivity contribution is 7.60. The zero-order valence-electron chi connectivity index (χ0n) is 9.08. The molecule has 2 aliphatic heterocycles. The standard InChI is InChI=1S/C4H6B10O2/c15-1-3-5-4(2-16,7-11-10-6-3)9-13-14-12-8-3/h15-16H,1-2H2. The molecule has 2 nitrogen and oxygen atoms in total. The van der Waals surface area contributed by atoms with Gasteiger partial charge in [0.1, 0.15) is 0 Å². The van der Waals surface area contributed by atoms with Crippen LogP contribution in [0.3, 0.4) is 0 Å². The highest BCUT2D eigenvalue weighted by Gasteiger charge is 2.43. The second kappa shape index (κ2) is 5.47. The highest BCUT2D eigenvalue weighted by Crippen LogP contribution is 2.34. The van der Waals surface area contributed by atoms with Crippen molar-refractivity contribution in [2.24, 2.45) is 0 Å². The lowest BCUT2D eigenvalue weighted by molar-refractivity contribution is 0.288. The van der Waals surface area contributed by atoms with E-state index in [1.807, 2.05) is 71.3 Å². The lowest BCUT2D eigenvalue weighted by atomic mass is 8.87. The van der Waals surface area contributed by atoms with Crippen LogP contribution in [0.25, 0.3) is 0 Å². The molecule has 2 saturated heterocycles. The maximum absolute atomic E-state index is 9.56. The average molecular weight is 194 g/mol. The second-order valence-electron chi connectivity index (χ2n) is 4.31. The SMILES string of the molecule is OCC12[B][B][B][B][B]C(CO)([B][B][B][B]1)[B]2. The van der Waals surface area contributed by atoms with E-state index < -0.39 is 10.2 Å². The van der Waals surface area contributed by atoms with Gasteiger partial charge in [-0.05, 0) is 0 Å². The fraction of sp³-hybridized carbons (Fsp3) is 1.00. The van der Waals surface area contributed by atoms with Crippen LogP contribution in [0.4, 0.5) is 0 Å². The van der Waals surface area contributed by atoms with Gasteiger partial charge in [0.2, 0.25) is 0 Å². The van der Waals surface area contributed by atoms with E-state index in [0.717, 1.165) is 0 Å². The van der Waals surface area contributed by atoms with Gasteiger partial charge in [0, 0.05) is 77.2 Å². The summed E-state index contributed by atoms with van der Waals surface area (Å²) in [5, 5.41) is 18.1. The van der Waals surface area contributed by atoms with Crippen LogP contribution in [0.2, 0.25) is 10.2 Å². The van der Waals surface area contributed by atoms with Crippen molar-refractivity contribution in [3.8, 4) is 0 Å². The third-order valence-corrected chi connectivity index (χ3v) is 3.04. The molecule has 0 amide bonds. The van der Waals surface area contributed by atoms with Crippen LogP contribution in [-0.4, -0.2) is 94.7 Å². The summed E-state index contributed by atoms with van der Waals surface area (Å²) in [7, 11) is 19.3. The molecule has 2 fully saturated rings. The molecule has 2 unspecified atom stereocenters. The molecule has 12 heteroatoms. The molecule has 2 N–H and O–H groups in total. The number of hydrogen-bond donors (Lipinski definition) is 2. The first-order valence-electron chi connectivity index (χ1n) is 5.40. The van der Waals surface area contributed by atoms with Gasteiger partial charge in [0.25, 0.3) is 0 Å². The third kappa shape index (κ3) is 2.69. The number of rotatable bonds is 2. The van der Waals surface area contributed by atoms with Gasteiger partial charge in [0.05, 0.1) is 7.28 Å². The van der Waals surface area contributed by atoms with Crippen molar-refractivity contribution in [1.82, 2.24) is 0 Å². The first kappa shape index (κ1) is 13.0. The van der Waals surface area contributed by atoms with E-state index in [-0.39, 0.29) is 13.2 Å². The zero-order valence-corrected chi connectivity index (χ0v) is 9.08. The summed E-state index contributed by atoms with van der Waals surface area (Å²) in [6.07, 6.45) is 0. The van der Waals surface area contributed by atoms with Gasteiger partial charge in [-0.1, -0.05) is 0 Å². The van der Waals surface area contributed by atoms with Gasteiger partial charge in [-0.25, -0.2) is 0 Å². The summed E-state index contributed by atoms with van der Waals surface area (Å²) in [6, 6.07) is 0. The van der Waals surface area contributed by atoms with Crippen molar-refractivity contribution in [3.05, 3.63) is 0 Å². The molecule has 2 aliphatic rings. The minimum atomic E-state index is -0.493. The molecule has 0 spiro atoms. The Labute approximate surface area is 105 Å². The van der Waals surface area contributed by atoms with Gasteiger partial charge in [0.15, 0.2) is 0 Å². The molecular formula is C4H6B10O2. The number of fused-ring (bicyclic) bond motifs is 2. The quantitative estimate of drug-likeness (QED) is 0.436.